The van der Waals surface area contributed by atoms with E-state index in [0.717, 1.165) is 25.4 Å². The molecule has 0 radical (unpaired) electrons. The minimum Gasteiger partial charge on any atom is -0.493 e. The van der Waals surface area contributed by atoms with Crippen LogP contribution in [0.15, 0.2) is 18.2 Å². The van der Waals surface area contributed by atoms with Crippen LogP contribution in [0, 0.1) is 0 Å². The molecule has 5 nitrogen and oxygen atoms in total. The molecule has 2 aliphatic rings. The molecule has 0 amide bonds. The molecule has 1 saturated heterocycles. The third-order valence-electron chi connectivity index (χ3n) is 5.78. The number of aliphatic hydroxyl groups is 1. The van der Waals surface area contributed by atoms with Crippen molar-refractivity contribution in [1.29, 1.82) is 0 Å². The van der Waals surface area contributed by atoms with Crippen LogP contribution < -0.4 is 14.8 Å². The predicted molar refractivity (Wildman–Crippen MR) is 108 cm³/mol. The first-order valence-corrected chi connectivity index (χ1v) is 10.7. The van der Waals surface area contributed by atoms with Crippen molar-refractivity contribution in [3.63, 3.8) is 0 Å². The van der Waals surface area contributed by atoms with Crippen LogP contribution >= 0.6 is 0 Å². The fourth-order valence-electron chi connectivity index (χ4n) is 3.85. The summed E-state index contributed by atoms with van der Waals surface area (Å²) in [6, 6.07) is 6.74. The van der Waals surface area contributed by atoms with Crippen LogP contribution in [0.3, 0.4) is 0 Å². The smallest absolute Gasteiger partial charge is 0.161 e. The largest absolute Gasteiger partial charge is 0.493 e. The number of methoxy groups -OCH3 is 1. The zero-order valence-corrected chi connectivity index (χ0v) is 16.8. The summed E-state index contributed by atoms with van der Waals surface area (Å²) in [5, 5.41) is 14.0. The molecule has 5 heteroatoms. The quantitative estimate of drug-likeness (QED) is 0.692. The Labute approximate surface area is 164 Å². The van der Waals surface area contributed by atoms with Gasteiger partial charge in [-0.3, -0.25) is 0 Å². The molecular formula is C22H36N2O3. The third kappa shape index (κ3) is 6.66. The maximum absolute atomic E-state index is 10.4. The lowest BCUT2D eigenvalue weighted by molar-refractivity contribution is 0.0645. The lowest BCUT2D eigenvalue weighted by atomic mass is 9.93. The van der Waals surface area contributed by atoms with E-state index < -0.39 is 6.10 Å². The molecule has 2 fully saturated rings. The van der Waals surface area contributed by atoms with Gasteiger partial charge in [0.05, 0.1) is 7.11 Å². The van der Waals surface area contributed by atoms with E-state index in [2.05, 4.69) is 16.3 Å². The molecule has 1 aliphatic heterocycles. The van der Waals surface area contributed by atoms with Gasteiger partial charge in [0.2, 0.25) is 0 Å². The van der Waals surface area contributed by atoms with Crippen molar-refractivity contribution in [2.24, 2.45) is 0 Å². The molecule has 1 aromatic carbocycles. The van der Waals surface area contributed by atoms with Crippen molar-refractivity contribution in [3.8, 4) is 11.5 Å². The fourth-order valence-corrected chi connectivity index (χ4v) is 3.85. The first-order valence-electron chi connectivity index (χ1n) is 10.7. The highest BCUT2D eigenvalue weighted by Gasteiger charge is 2.17. The Balaban J connectivity index is 1.45. The van der Waals surface area contributed by atoms with Crippen LogP contribution in [-0.2, 0) is 6.54 Å². The highest BCUT2D eigenvalue weighted by molar-refractivity contribution is 5.43. The molecule has 1 atom stereocenters. The number of hydrogen-bond donors (Lipinski definition) is 2. The molecule has 2 N–H and O–H groups in total. The zero-order chi connectivity index (χ0) is 18.9. The van der Waals surface area contributed by atoms with Crippen LogP contribution in [0.25, 0.3) is 0 Å². The maximum Gasteiger partial charge on any atom is 0.161 e. The Hall–Kier alpha value is -1.30. The minimum absolute atomic E-state index is 0.298. The second kappa shape index (κ2) is 10.9. The molecule has 0 spiro atoms. The Kier molecular flexibility index (Phi) is 8.24. The normalized spacial score (nSPS) is 20.4. The van der Waals surface area contributed by atoms with E-state index in [0.29, 0.717) is 24.9 Å². The van der Waals surface area contributed by atoms with Crippen molar-refractivity contribution >= 4 is 0 Å². The van der Waals surface area contributed by atoms with Gasteiger partial charge in [0.25, 0.3) is 0 Å². The highest BCUT2D eigenvalue weighted by atomic mass is 16.5. The van der Waals surface area contributed by atoms with Crippen molar-refractivity contribution in [3.05, 3.63) is 23.8 Å². The number of β-amino-alcohol motifs (C(OH)–C–C–N with tert-alkyl or cyclic N) is 1. The van der Waals surface area contributed by atoms with Crippen LogP contribution in [0.5, 0.6) is 11.5 Å². The van der Waals surface area contributed by atoms with Gasteiger partial charge < -0.3 is 24.8 Å². The average Bonchev–Trinajstić information content (AvgIpc) is 2.61. The van der Waals surface area contributed by atoms with Gasteiger partial charge in [-0.15, -0.1) is 0 Å². The summed E-state index contributed by atoms with van der Waals surface area (Å²) in [6.45, 7) is 4.02. The number of rotatable bonds is 9. The van der Waals surface area contributed by atoms with Gasteiger partial charge in [0.1, 0.15) is 12.7 Å². The van der Waals surface area contributed by atoms with Gasteiger partial charge in [-0.2, -0.15) is 0 Å². The Morgan fingerprint density at radius 1 is 1.07 bits per heavy atom. The van der Waals surface area contributed by atoms with Crippen LogP contribution in [0.2, 0.25) is 0 Å². The Morgan fingerprint density at radius 2 is 1.81 bits per heavy atom. The molecule has 1 heterocycles. The number of likely N-dealkylation sites (tertiary alicyclic amines) is 1. The minimum atomic E-state index is -0.478. The number of ether oxygens (including phenoxy) is 2. The van der Waals surface area contributed by atoms with Crippen LogP contribution in [-0.4, -0.2) is 55.5 Å². The van der Waals surface area contributed by atoms with Crippen molar-refractivity contribution in [2.75, 3.05) is 33.4 Å². The van der Waals surface area contributed by atoms with Crippen LogP contribution in [0.4, 0.5) is 0 Å². The SMILES string of the molecule is COc1cc(CNC2CCC2)ccc1OCC(O)CN1CCCCCCC1. The molecule has 1 unspecified atom stereocenters. The second-order valence-corrected chi connectivity index (χ2v) is 8.03. The maximum atomic E-state index is 10.4. The van der Waals surface area contributed by atoms with Gasteiger partial charge in [0, 0.05) is 19.1 Å². The molecule has 1 aliphatic carbocycles. The van der Waals surface area contributed by atoms with Gasteiger partial charge in [0.15, 0.2) is 11.5 Å². The summed E-state index contributed by atoms with van der Waals surface area (Å²) >= 11 is 0. The van der Waals surface area contributed by atoms with Gasteiger partial charge in [-0.05, 0) is 56.5 Å². The molecule has 0 aromatic heterocycles. The molecular weight excluding hydrogens is 340 g/mol. The third-order valence-corrected chi connectivity index (χ3v) is 5.78. The molecule has 1 aromatic rings. The van der Waals surface area contributed by atoms with Crippen molar-refractivity contribution in [2.45, 2.75) is 70.1 Å². The molecule has 3 rings (SSSR count). The van der Waals surface area contributed by atoms with Crippen molar-refractivity contribution in [1.82, 2.24) is 10.2 Å². The van der Waals surface area contributed by atoms with Gasteiger partial charge >= 0.3 is 0 Å². The summed E-state index contributed by atoms with van der Waals surface area (Å²) in [7, 11) is 1.67. The summed E-state index contributed by atoms with van der Waals surface area (Å²) in [5.74, 6) is 1.44. The predicted octanol–water partition coefficient (Wildman–Crippen LogP) is 3.34. The summed E-state index contributed by atoms with van der Waals surface area (Å²) in [6.07, 6.45) is 9.87. The monoisotopic (exact) mass is 376 g/mol. The molecule has 27 heavy (non-hydrogen) atoms. The molecule has 1 saturated carbocycles. The number of hydrogen-bond acceptors (Lipinski definition) is 5. The average molecular weight is 377 g/mol. The fraction of sp³-hybridized carbons (Fsp3) is 0.727. The summed E-state index contributed by atoms with van der Waals surface area (Å²) in [4.78, 5) is 2.37. The zero-order valence-electron chi connectivity index (χ0n) is 16.8. The number of nitrogens with one attached hydrogen (secondary N) is 1. The van der Waals surface area contributed by atoms with E-state index in [1.165, 1.54) is 56.9 Å². The van der Waals surface area contributed by atoms with E-state index in [-0.39, 0.29) is 0 Å². The first-order chi connectivity index (χ1) is 13.2. The van der Waals surface area contributed by atoms with E-state index in [1.807, 2.05) is 12.1 Å². The topological polar surface area (TPSA) is 54.0 Å². The lowest BCUT2D eigenvalue weighted by Gasteiger charge is -2.27. The number of nitrogens with zero attached hydrogens (tertiary/aromatic N) is 1. The number of aliphatic hydroxyl groups excluding tert-OH is 1. The molecule has 152 valence electrons. The van der Waals surface area contributed by atoms with E-state index in [4.69, 9.17) is 9.47 Å². The van der Waals surface area contributed by atoms with Crippen molar-refractivity contribution < 1.29 is 14.6 Å². The van der Waals surface area contributed by atoms with Crippen LogP contribution in [0.1, 0.15) is 56.9 Å². The highest BCUT2D eigenvalue weighted by Crippen LogP contribution is 2.28. The Morgan fingerprint density at radius 3 is 2.48 bits per heavy atom. The number of benzene rings is 1. The first kappa shape index (κ1) is 20.4. The van der Waals surface area contributed by atoms with Gasteiger partial charge in [-0.1, -0.05) is 31.7 Å². The summed E-state index contributed by atoms with van der Waals surface area (Å²) < 4.78 is 11.4. The summed E-state index contributed by atoms with van der Waals surface area (Å²) in [5.41, 5.74) is 1.20. The lowest BCUT2D eigenvalue weighted by Crippen LogP contribution is -2.37. The standard InChI is InChI=1S/C22H36N2O3/c1-26-22-14-18(15-23-19-8-7-9-19)10-11-21(22)27-17-20(25)16-24-12-5-3-2-4-6-13-24/h10-11,14,19-20,23,25H,2-9,12-13,15-17H2,1H3. The second-order valence-electron chi connectivity index (χ2n) is 8.03. The molecule has 0 bridgehead atoms. The Bertz CT molecular complexity index is 554. The van der Waals surface area contributed by atoms with E-state index in [1.54, 1.807) is 7.11 Å². The van der Waals surface area contributed by atoms with E-state index in [9.17, 15) is 5.11 Å². The van der Waals surface area contributed by atoms with Gasteiger partial charge in [-0.25, -0.2) is 0 Å². The van der Waals surface area contributed by atoms with E-state index >= 15 is 0 Å².